The van der Waals surface area contributed by atoms with E-state index in [-0.39, 0.29) is 11.5 Å². The van der Waals surface area contributed by atoms with Crippen molar-refractivity contribution in [3.05, 3.63) is 63.6 Å². The molecule has 2 aromatic rings. The van der Waals surface area contributed by atoms with Gasteiger partial charge >= 0.3 is 0 Å². The SMILES string of the molecule is CN(C)S(=O)(=O)N1CCC(COc2ccc(CN3Cc4ccccc4C3)n(C)c2=O)CC1. The van der Waals surface area contributed by atoms with Crippen LogP contribution in [0.15, 0.2) is 41.2 Å². The first kappa shape index (κ1) is 23.0. The molecule has 0 aliphatic carbocycles. The molecule has 8 nitrogen and oxygen atoms in total. The van der Waals surface area contributed by atoms with Crippen molar-refractivity contribution >= 4 is 10.2 Å². The lowest BCUT2D eigenvalue weighted by Crippen LogP contribution is -2.45. The van der Waals surface area contributed by atoms with Gasteiger partial charge in [0.25, 0.3) is 15.8 Å². The number of benzene rings is 1. The van der Waals surface area contributed by atoms with Crippen LogP contribution in [0.5, 0.6) is 5.75 Å². The van der Waals surface area contributed by atoms with Gasteiger partial charge in [-0.15, -0.1) is 0 Å². The van der Waals surface area contributed by atoms with Crippen molar-refractivity contribution in [1.82, 2.24) is 18.1 Å². The van der Waals surface area contributed by atoms with Crippen molar-refractivity contribution in [2.24, 2.45) is 13.0 Å². The maximum absolute atomic E-state index is 12.8. The number of rotatable bonds is 7. The molecular weight excluding hydrogens is 428 g/mol. The summed E-state index contributed by atoms with van der Waals surface area (Å²) >= 11 is 0. The van der Waals surface area contributed by atoms with Crippen LogP contribution in [-0.2, 0) is 36.9 Å². The first-order valence-corrected chi connectivity index (χ1v) is 12.4. The second-order valence-electron chi connectivity index (χ2n) is 8.91. The van der Waals surface area contributed by atoms with E-state index in [0.29, 0.717) is 32.0 Å². The molecule has 1 aromatic heterocycles. The molecule has 0 bridgehead atoms. The largest absolute Gasteiger partial charge is 0.488 e. The van der Waals surface area contributed by atoms with Gasteiger partial charge in [-0.1, -0.05) is 24.3 Å². The maximum atomic E-state index is 12.8. The van der Waals surface area contributed by atoms with Crippen LogP contribution in [-0.4, -0.2) is 60.3 Å². The minimum atomic E-state index is -3.37. The zero-order valence-electron chi connectivity index (χ0n) is 19.0. The molecular formula is C23H32N4O4S. The number of hydrogen-bond acceptors (Lipinski definition) is 5. The Kier molecular flexibility index (Phi) is 6.71. The Morgan fingerprint density at radius 3 is 2.25 bits per heavy atom. The molecule has 2 aliphatic rings. The molecule has 2 aliphatic heterocycles. The summed E-state index contributed by atoms with van der Waals surface area (Å²) in [5, 5.41) is 0. The van der Waals surface area contributed by atoms with E-state index in [2.05, 4.69) is 29.2 Å². The highest BCUT2D eigenvalue weighted by Crippen LogP contribution is 2.24. The van der Waals surface area contributed by atoms with Crippen molar-refractivity contribution < 1.29 is 13.2 Å². The third-order valence-electron chi connectivity index (χ3n) is 6.50. The fraction of sp³-hybridized carbons (Fsp3) is 0.522. The van der Waals surface area contributed by atoms with Crippen molar-refractivity contribution in [1.29, 1.82) is 0 Å². The molecule has 0 atom stereocenters. The highest BCUT2D eigenvalue weighted by molar-refractivity contribution is 7.86. The predicted octanol–water partition coefficient (Wildman–Crippen LogP) is 1.80. The summed E-state index contributed by atoms with van der Waals surface area (Å²) in [6.45, 7) is 3.87. The standard InChI is InChI=1S/C23H32N4O4S/c1-24(2)32(29,30)27-12-10-18(11-13-27)17-31-22-9-8-21(25(3)23(22)28)16-26-14-19-6-4-5-7-20(19)15-26/h4-9,18H,10-17H2,1-3H3. The summed E-state index contributed by atoms with van der Waals surface area (Å²) < 4.78 is 34.8. The Morgan fingerprint density at radius 1 is 1.03 bits per heavy atom. The van der Waals surface area contributed by atoms with Crippen LogP contribution >= 0.6 is 0 Å². The zero-order chi connectivity index (χ0) is 22.9. The summed E-state index contributed by atoms with van der Waals surface area (Å²) in [5.74, 6) is 0.584. The quantitative estimate of drug-likeness (QED) is 0.630. The zero-order valence-corrected chi connectivity index (χ0v) is 19.8. The Morgan fingerprint density at radius 2 is 1.66 bits per heavy atom. The van der Waals surface area contributed by atoms with Crippen molar-refractivity contribution in [2.45, 2.75) is 32.5 Å². The van der Waals surface area contributed by atoms with Crippen molar-refractivity contribution in [3.63, 3.8) is 0 Å². The predicted molar refractivity (Wildman–Crippen MR) is 123 cm³/mol. The number of aromatic nitrogens is 1. The van der Waals surface area contributed by atoms with E-state index in [1.807, 2.05) is 6.07 Å². The van der Waals surface area contributed by atoms with E-state index in [0.717, 1.165) is 31.6 Å². The van der Waals surface area contributed by atoms with Gasteiger partial charge in [-0.2, -0.15) is 17.0 Å². The van der Waals surface area contributed by atoms with Gasteiger partial charge in [0.05, 0.1) is 6.61 Å². The van der Waals surface area contributed by atoms with Gasteiger partial charge < -0.3 is 9.30 Å². The fourth-order valence-electron chi connectivity index (χ4n) is 4.41. The smallest absolute Gasteiger partial charge is 0.292 e. The molecule has 0 amide bonds. The Hall–Kier alpha value is -2.20. The van der Waals surface area contributed by atoms with Gasteiger partial charge in [0, 0.05) is 59.6 Å². The summed E-state index contributed by atoms with van der Waals surface area (Å²) in [4.78, 5) is 15.2. The van der Waals surface area contributed by atoms with E-state index in [4.69, 9.17) is 4.74 Å². The third kappa shape index (κ3) is 4.76. The normalized spacial score (nSPS) is 18.2. The third-order valence-corrected chi connectivity index (χ3v) is 8.44. The molecule has 0 unspecified atom stereocenters. The van der Waals surface area contributed by atoms with Crippen molar-refractivity contribution in [3.8, 4) is 5.75 Å². The van der Waals surface area contributed by atoms with Gasteiger partial charge in [0.15, 0.2) is 5.75 Å². The molecule has 3 heterocycles. The number of hydrogen-bond donors (Lipinski definition) is 0. The second-order valence-corrected chi connectivity index (χ2v) is 11.1. The topological polar surface area (TPSA) is 75.1 Å². The lowest BCUT2D eigenvalue weighted by atomic mass is 9.99. The lowest BCUT2D eigenvalue weighted by Gasteiger charge is -2.32. The van der Waals surface area contributed by atoms with Crippen LogP contribution in [0, 0.1) is 5.92 Å². The van der Waals surface area contributed by atoms with Gasteiger partial charge in [0.1, 0.15) is 0 Å². The number of fused-ring (bicyclic) bond motifs is 1. The Labute approximate surface area is 190 Å². The van der Waals surface area contributed by atoms with Gasteiger partial charge in [-0.05, 0) is 42.0 Å². The van der Waals surface area contributed by atoms with E-state index in [1.54, 1.807) is 31.8 Å². The summed E-state index contributed by atoms with van der Waals surface area (Å²) in [7, 11) is 1.52. The molecule has 9 heteroatoms. The highest BCUT2D eigenvalue weighted by Gasteiger charge is 2.30. The molecule has 0 spiro atoms. The van der Waals surface area contributed by atoms with Crippen LogP contribution in [0.4, 0.5) is 0 Å². The number of ether oxygens (including phenoxy) is 1. The minimum absolute atomic E-state index is 0.133. The molecule has 0 saturated carbocycles. The molecule has 1 aromatic carbocycles. The summed E-state index contributed by atoms with van der Waals surface area (Å²) in [6, 6.07) is 12.2. The van der Waals surface area contributed by atoms with Gasteiger partial charge in [-0.3, -0.25) is 9.69 Å². The van der Waals surface area contributed by atoms with Crippen LogP contribution in [0.3, 0.4) is 0 Å². The van der Waals surface area contributed by atoms with E-state index in [9.17, 15) is 13.2 Å². The maximum Gasteiger partial charge on any atom is 0.292 e. The van der Waals surface area contributed by atoms with E-state index in [1.165, 1.54) is 19.7 Å². The van der Waals surface area contributed by atoms with Crippen LogP contribution in [0.1, 0.15) is 29.7 Å². The second kappa shape index (κ2) is 9.35. The van der Waals surface area contributed by atoms with E-state index >= 15 is 0 Å². The average molecular weight is 461 g/mol. The molecule has 32 heavy (non-hydrogen) atoms. The molecule has 0 radical (unpaired) electrons. The monoisotopic (exact) mass is 460 g/mol. The van der Waals surface area contributed by atoms with Crippen LogP contribution < -0.4 is 10.3 Å². The average Bonchev–Trinajstić information content (AvgIpc) is 3.19. The lowest BCUT2D eigenvalue weighted by molar-refractivity contribution is 0.180. The molecule has 1 fully saturated rings. The minimum Gasteiger partial charge on any atom is -0.488 e. The molecule has 0 N–H and O–H groups in total. The highest BCUT2D eigenvalue weighted by atomic mass is 32.2. The summed E-state index contributed by atoms with van der Waals surface area (Å²) in [5.41, 5.74) is 3.52. The number of nitrogens with zero attached hydrogens (tertiary/aromatic N) is 4. The van der Waals surface area contributed by atoms with E-state index < -0.39 is 10.2 Å². The fourth-order valence-corrected chi connectivity index (χ4v) is 5.54. The first-order chi connectivity index (χ1) is 15.3. The molecule has 4 rings (SSSR count). The van der Waals surface area contributed by atoms with Gasteiger partial charge in [0.2, 0.25) is 0 Å². The summed E-state index contributed by atoms with van der Waals surface area (Å²) in [6.07, 6.45) is 1.45. The number of piperidine rings is 1. The van der Waals surface area contributed by atoms with Crippen molar-refractivity contribution in [2.75, 3.05) is 33.8 Å². The van der Waals surface area contributed by atoms with Crippen LogP contribution in [0.25, 0.3) is 0 Å². The van der Waals surface area contributed by atoms with Gasteiger partial charge in [-0.25, -0.2) is 0 Å². The molecule has 174 valence electrons. The Balaban J connectivity index is 1.32. The van der Waals surface area contributed by atoms with Crippen LogP contribution in [0.2, 0.25) is 0 Å². The Bertz CT molecular complexity index is 1100. The number of pyridine rings is 1. The first-order valence-electron chi connectivity index (χ1n) is 11.0. The molecule has 1 saturated heterocycles.